The van der Waals surface area contributed by atoms with Crippen molar-refractivity contribution >= 4 is 87.6 Å². The molecule has 4 rings (SSSR count). The van der Waals surface area contributed by atoms with Gasteiger partial charge in [0.1, 0.15) is 12.0 Å². The fourth-order valence-electron chi connectivity index (χ4n) is 5.13. The number of carbonyl (C=O) groups excluding carboxylic acids is 1. The number of aromatic nitrogens is 5. The van der Waals surface area contributed by atoms with Gasteiger partial charge in [-0.1, -0.05) is 5.31 Å². The van der Waals surface area contributed by atoms with E-state index in [0.717, 1.165) is 0 Å². The summed E-state index contributed by atoms with van der Waals surface area (Å²) in [5.41, 5.74) is 0.854. The summed E-state index contributed by atoms with van der Waals surface area (Å²) in [5.74, 6) is -0.360. The van der Waals surface area contributed by atoms with Gasteiger partial charge in [-0.15, -0.1) is 20.9 Å². The molecule has 1 atom stereocenters. The molecule has 1 aliphatic carbocycles. The summed E-state index contributed by atoms with van der Waals surface area (Å²) in [6.07, 6.45) is 5.80. The average molecular weight is 509 g/mol. The third kappa shape index (κ3) is 3.99. The van der Waals surface area contributed by atoms with Gasteiger partial charge in [0.25, 0.3) is 0 Å². The van der Waals surface area contributed by atoms with Crippen LogP contribution in [0.25, 0.3) is 22.3 Å². The van der Waals surface area contributed by atoms with E-state index in [4.69, 9.17) is 75.4 Å². The summed E-state index contributed by atoms with van der Waals surface area (Å²) in [6, 6.07) is 2.60. The Bertz CT molecular complexity index is 1480. The fourth-order valence-corrected chi connectivity index (χ4v) is 5.13. The largest absolute Gasteiger partial charge is 0.443 e. The van der Waals surface area contributed by atoms with Crippen molar-refractivity contribution in [2.45, 2.75) is 66.1 Å². The van der Waals surface area contributed by atoms with E-state index < -0.39 is 37.6 Å². The van der Waals surface area contributed by atoms with Crippen molar-refractivity contribution in [3.63, 3.8) is 0 Å². The van der Waals surface area contributed by atoms with Crippen LogP contribution in [0.4, 0.5) is 0 Å². The summed E-state index contributed by atoms with van der Waals surface area (Å²) in [7, 11) is 57.1. The lowest BCUT2D eigenvalue weighted by atomic mass is 9.17. The zero-order chi connectivity index (χ0) is 30.1. The monoisotopic (exact) mass is 510 g/mol. The van der Waals surface area contributed by atoms with Crippen molar-refractivity contribution in [2.75, 3.05) is 0 Å². The van der Waals surface area contributed by atoms with Crippen LogP contribution >= 0.6 is 0 Å². The molecule has 8 nitrogen and oxygen atoms in total. The van der Waals surface area contributed by atoms with Gasteiger partial charge in [0.15, 0.2) is 6.73 Å². The molecule has 0 spiro atoms. The highest BCUT2D eigenvalue weighted by molar-refractivity contribution is 6.71. The second-order valence-electron chi connectivity index (χ2n) is 11.5. The lowest BCUT2D eigenvalue weighted by Crippen LogP contribution is -2.45. The Kier molecular flexibility index (Phi) is 7.17. The average Bonchev–Trinajstić information content (AvgIpc) is 3.52. The van der Waals surface area contributed by atoms with Crippen LogP contribution in [0.15, 0.2) is 31.0 Å². The van der Waals surface area contributed by atoms with Crippen molar-refractivity contribution in [3.8, 4) is 17.3 Å². The van der Waals surface area contributed by atoms with E-state index in [-0.39, 0.29) is 19.1 Å². The molecule has 0 amide bonds. The number of ether oxygens (including phenoxy) is 1. The molecule has 0 N–H and O–H groups in total. The zero-order valence-corrected chi connectivity index (χ0v) is 22.6. The molecule has 17 heteroatoms. The summed E-state index contributed by atoms with van der Waals surface area (Å²) in [5, 5.41) is 3.50. The van der Waals surface area contributed by atoms with E-state index in [9.17, 15) is 10.1 Å². The first-order valence-corrected chi connectivity index (χ1v) is 12.3. The van der Waals surface area contributed by atoms with Gasteiger partial charge >= 0.3 is 5.97 Å². The maximum atomic E-state index is 12.2. The predicted molar refractivity (Wildman–Crippen MR) is 159 cm³/mol. The normalized spacial score (nSPS) is 20.9. The van der Waals surface area contributed by atoms with E-state index >= 15 is 0 Å². The van der Waals surface area contributed by atoms with Crippen LogP contribution in [0.5, 0.6) is 0 Å². The number of rotatable bonds is 6. The Balaban J connectivity index is 1.76. The molecular weight excluding hydrogens is 490 g/mol. The molecule has 0 bridgehead atoms. The number of nitriles is 1. The summed E-state index contributed by atoms with van der Waals surface area (Å²) in [4.78, 5) is 21.0. The van der Waals surface area contributed by atoms with Crippen LogP contribution in [0.2, 0.25) is 26.2 Å². The highest BCUT2D eigenvalue weighted by Crippen LogP contribution is 2.88. The molecule has 18 radical (unpaired) electrons. The standard InChI is InChI=1S/C23H19B9N6O2/c1-18(2,3)17(39)40-11-37-7-5-13-15(34-10-35-16(13)37)12-8-36-38(9-12)14(4-6-33)19(24)20(25,26)22(29,30)23(31,32)21(19,27)28/h5,7-10,14H,4,11H2,1-3H3/t14-/m1/s1. The SMILES string of the molecule is [B]C1([B])C([B])([B])C([B])([B])C([B])([C@@H](CC#N)n2cc(-c3ncnc4c3ccn4COC(=O)C(C)(C)C)cn2)C1([B])[B]. The number of hydrogen-bond acceptors (Lipinski definition) is 6. The minimum absolute atomic E-state index is 0.0424. The number of fused-ring (bicyclic) bond motifs is 1. The molecule has 1 fully saturated rings. The van der Waals surface area contributed by atoms with Crippen molar-refractivity contribution in [1.29, 1.82) is 5.26 Å². The summed E-state index contributed by atoms with van der Waals surface area (Å²) in [6.45, 7) is 5.24. The van der Waals surface area contributed by atoms with Crippen LogP contribution in [0.1, 0.15) is 33.2 Å². The topological polar surface area (TPSA) is 98.6 Å². The molecule has 3 heterocycles. The quantitative estimate of drug-likeness (QED) is 0.354. The maximum Gasteiger partial charge on any atom is 0.312 e. The summed E-state index contributed by atoms with van der Waals surface area (Å²) >= 11 is 0. The van der Waals surface area contributed by atoms with Gasteiger partial charge in [-0.3, -0.25) is 14.0 Å². The van der Waals surface area contributed by atoms with Crippen LogP contribution in [-0.2, 0) is 16.3 Å². The second-order valence-corrected chi connectivity index (χ2v) is 11.5. The fraction of sp³-hybridized carbons (Fsp3) is 0.522. The van der Waals surface area contributed by atoms with Crippen LogP contribution in [-0.4, -0.2) is 101 Å². The van der Waals surface area contributed by atoms with E-state index in [1.807, 2.05) is 6.07 Å². The van der Waals surface area contributed by atoms with Crippen LogP contribution in [0.3, 0.4) is 0 Å². The molecule has 0 aromatic carbocycles. The zero-order valence-electron chi connectivity index (χ0n) is 22.6. The van der Waals surface area contributed by atoms with E-state index in [2.05, 4.69) is 15.1 Å². The first-order valence-electron chi connectivity index (χ1n) is 12.3. The molecule has 180 valence electrons. The Labute approximate surface area is 246 Å². The van der Waals surface area contributed by atoms with Crippen molar-refractivity contribution in [3.05, 3.63) is 31.0 Å². The van der Waals surface area contributed by atoms with Crippen LogP contribution in [0, 0.1) is 16.7 Å². The van der Waals surface area contributed by atoms with Gasteiger partial charge < -0.3 is 4.74 Å². The summed E-state index contributed by atoms with van der Waals surface area (Å²) < 4.78 is 8.42. The van der Waals surface area contributed by atoms with E-state index in [1.165, 1.54) is 17.2 Å². The first-order chi connectivity index (χ1) is 18.3. The van der Waals surface area contributed by atoms with Gasteiger partial charge in [0, 0.05) is 23.3 Å². The molecule has 0 aliphatic heterocycles. The minimum Gasteiger partial charge on any atom is -0.443 e. The minimum atomic E-state index is -2.27. The number of nitrogens with zero attached hydrogens (tertiary/aromatic N) is 6. The Morgan fingerprint density at radius 3 is 2.17 bits per heavy atom. The second kappa shape index (κ2) is 9.46. The smallest absolute Gasteiger partial charge is 0.312 e. The van der Waals surface area contributed by atoms with Gasteiger partial charge in [-0.05, 0) is 26.8 Å². The van der Waals surface area contributed by atoms with Gasteiger partial charge in [-0.2, -0.15) is 10.4 Å². The van der Waals surface area contributed by atoms with E-state index in [1.54, 1.807) is 43.8 Å². The van der Waals surface area contributed by atoms with E-state index in [0.29, 0.717) is 22.3 Å². The molecule has 1 saturated carbocycles. The van der Waals surface area contributed by atoms with Gasteiger partial charge in [0.2, 0.25) is 0 Å². The molecule has 0 unspecified atom stereocenters. The molecule has 3 aromatic heterocycles. The highest BCUT2D eigenvalue weighted by atomic mass is 16.5. The lowest BCUT2D eigenvalue weighted by molar-refractivity contribution is -0.156. The lowest BCUT2D eigenvalue weighted by Gasteiger charge is -2.57. The third-order valence-electron chi connectivity index (χ3n) is 7.93. The number of hydrogen-bond donors (Lipinski definition) is 0. The first kappa shape index (κ1) is 30.3. The molecule has 1 aliphatic rings. The van der Waals surface area contributed by atoms with Crippen molar-refractivity contribution in [2.24, 2.45) is 5.41 Å². The predicted octanol–water partition coefficient (Wildman–Crippen LogP) is 0.450. The Morgan fingerprint density at radius 2 is 1.62 bits per heavy atom. The maximum absolute atomic E-state index is 12.2. The van der Waals surface area contributed by atoms with Crippen LogP contribution < -0.4 is 0 Å². The third-order valence-corrected chi connectivity index (χ3v) is 7.93. The van der Waals surface area contributed by atoms with Gasteiger partial charge in [-0.25, -0.2) is 9.97 Å². The molecular formula is C23H19B9N6O2. The van der Waals surface area contributed by atoms with Crippen molar-refractivity contribution < 1.29 is 9.53 Å². The van der Waals surface area contributed by atoms with Gasteiger partial charge in [0.05, 0.1) is 106 Å². The molecule has 3 aromatic rings. The van der Waals surface area contributed by atoms with Crippen molar-refractivity contribution in [1.82, 2.24) is 24.3 Å². The molecule has 0 saturated heterocycles. The Morgan fingerprint density at radius 1 is 1.02 bits per heavy atom. The highest BCUT2D eigenvalue weighted by Gasteiger charge is 2.71. The number of carbonyl (C=O) groups is 1. The molecule has 40 heavy (non-hydrogen) atoms. The number of esters is 1. The Hall–Kier alpha value is -2.63.